The summed E-state index contributed by atoms with van der Waals surface area (Å²) in [4.78, 5) is 36.5. The molecule has 0 aliphatic heterocycles. The van der Waals surface area contributed by atoms with Crippen LogP contribution in [0.25, 0.3) is 0 Å². The third kappa shape index (κ3) is 5.60. The third-order valence-electron chi connectivity index (χ3n) is 6.13. The van der Waals surface area contributed by atoms with Crippen molar-refractivity contribution < 1.29 is 45.4 Å². The molecule has 0 saturated heterocycles. The van der Waals surface area contributed by atoms with Crippen LogP contribution in [-0.2, 0) is 40.1 Å². The van der Waals surface area contributed by atoms with Gasteiger partial charge in [-0.15, -0.1) is 0 Å². The van der Waals surface area contributed by atoms with Gasteiger partial charge >= 0.3 is 18.1 Å². The number of sulfonamides is 1. The molecule has 186 valence electrons. The molecule has 34 heavy (non-hydrogen) atoms. The van der Waals surface area contributed by atoms with Crippen molar-refractivity contribution in [2.75, 3.05) is 13.2 Å². The van der Waals surface area contributed by atoms with E-state index in [1.807, 2.05) is 4.72 Å². The van der Waals surface area contributed by atoms with Gasteiger partial charge in [-0.05, 0) is 62.3 Å². The molecule has 2 aliphatic carbocycles. The monoisotopic (exact) mass is 503 g/mol. The second-order valence-electron chi connectivity index (χ2n) is 8.46. The SMILES string of the molecule is C=C(C)C(=O)OCCOC(=O)C1C2CCC(C2)C1C(=O)NS(=O)(=O)c1ccc(C(F)(F)F)cc1. The fraction of sp³-hybridized carbons (Fsp3) is 0.500. The summed E-state index contributed by atoms with van der Waals surface area (Å²) in [6.07, 6.45) is -2.75. The van der Waals surface area contributed by atoms with Crippen LogP contribution in [0.3, 0.4) is 0 Å². The average Bonchev–Trinajstić information content (AvgIpc) is 3.37. The molecule has 0 spiro atoms. The smallest absolute Gasteiger partial charge is 0.416 e. The molecule has 1 aromatic rings. The van der Waals surface area contributed by atoms with Gasteiger partial charge in [-0.1, -0.05) is 6.58 Å². The first kappa shape index (κ1) is 25.7. The first-order chi connectivity index (χ1) is 15.8. The van der Waals surface area contributed by atoms with Crippen LogP contribution in [0.5, 0.6) is 0 Å². The maximum atomic E-state index is 12.9. The van der Waals surface area contributed by atoms with Crippen molar-refractivity contribution in [3.05, 3.63) is 42.0 Å². The van der Waals surface area contributed by atoms with Gasteiger partial charge in [0.15, 0.2) is 0 Å². The van der Waals surface area contributed by atoms with Gasteiger partial charge in [-0.2, -0.15) is 13.2 Å². The number of carbonyl (C=O) groups excluding carboxylic acids is 3. The Bertz CT molecular complexity index is 1080. The highest BCUT2D eigenvalue weighted by atomic mass is 32.2. The van der Waals surface area contributed by atoms with Crippen LogP contribution in [0, 0.1) is 23.7 Å². The number of halogens is 3. The standard InChI is InChI=1S/C22H24F3NO7S/c1-12(2)20(28)32-9-10-33-21(29)18-14-4-3-13(11-14)17(18)19(27)26-34(30,31)16-7-5-15(6-8-16)22(23,24)25/h5-8,13-14,17-18H,1,3-4,9-11H2,2H3,(H,26,27). The lowest BCUT2D eigenvalue weighted by molar-refractivity contribution is -0.158. The molecule has 3 rings (SSSR count). The minimum Gasteiger partial charge on any atom is -0.462 e. The second kappa shape index (κ2) is 9.77. The van der Waals surface area contributed by atoms with Crippen LogP contribution in [0.15, 0.2) is 41.3 Å². The minimum atomic E-state index is -4.63. The van der Waals surface area contributed by atoms with Crippen molar-refractivity contribution in [3.8, 4) is 0 Å². The van der Waals surface area contributed by atoms with Crippen LogP contribution < -0.4 is 4.72 Å². The van der Waals surface area contributed by atoms with E-state index < -0.39 is 56.3 Å². The van der Waals surface area contributed by atoms with Crippen molar-refractivity contribution in [2.24, 2.45) is 23.7 Å². The van der Waals surface area contributed by atoms with Crippen LogP contribution in [0.4, 0.5) is 13.2 Å². The van der Waals surface area contributed by atoms with Crippen LogP contribution in [-0.4, -0.2) is 39.5 Å². The molecule has 4 unspecified atom stereocenters. The lowest BCUT2D eigenvalue weighted by Crippen LogP contribution is -2.44. The number of alkyl halides is 3. The molecule has 0 aromatic heterocycles. The van der Waals surface area contributed by atoms with Crippen LogP contribution >= 0.6 is 0 Å². The van der Waals surface area contributed by atoms with E-state index in [0.29, 0.717) is 31.4 Å². The molecule has 2 fully saturated rings. The summed E-state index contributed by atoms with van der Waals surface area (Å²) < 4.78 is 75.3. The molecule has 1 aromatic carbocycles. The van der Waals surface area contributed by atoms with Gasteiger partial charge in [-0.25, -0.2) is 17.9 Å². The van der Waals surface area contributed by atoms with Gasteiger partial charge in [0.05, 0.1) is 22.3 Å². The molecule has 8 nitrogen and oxygen atoms in total. The van der Waals surface area contributed by atoms with Crippen molar-refractivity contribution in [1.82, 2.24) is 4.72 Å². The highest BCUT2D eigenvalue weighted by Crippen LogP contribution is 2.52. The minimum absolute atomic E-state index is 0.153. The van der Waals surface area contributed by atoms with Crippen molar-refractivity contribution in [3.63, 3.8) is 0 Å². The Morgan fingerprint density at radius 3 is 2.15 bits per heavy atom. The number of fused-ring (bicyclic) bond motifs is 2. The molecule has 2 bridgehead atoms. The summed E-state index contributed by atoms with van der Waals surface area (Å²) in [5, 5.41) is 0. The fourth-order valence-electron chi connectivity index (χ4n) is 4.59. The Morgan fingerprint density at radius 2 is 1.59 bits per heavy atom. The number of rotatable bonds is 8. The van der Waals surface area contributed by atoms with Crippen LogP contribution in [0.2, 0.25) is 0 Å². The number of amides is 1. The zero-order chi connectivity index (χ0) is 25.3. The van der Waals surface area contributed by atoms with E-state index >= 15 is 0 Å². The van der Waals surface area contributed by atoms with Crippen LogP contribution in [0.1, 0.15) is 31.7 Å². The molecule has 2 saturated carbocycles. The maximum Gasteiger partial charge on any atom is 0.416 e. The van der Waals surface area contributed by atoms with E-state index in [1.54, 1.807) is 0 Å². The predicted octanol–water partition coefficient (Wildman–Crippen LogP) is 2.84. The van der Waals surface area contributed by atoms with Crippen molar-refractivity contribution in [2.45, 2.75) is 37.3 Å². The molecule has 0 heterocycles. The Morgan fingerprint density at radius 1 is 1.03 bits per heavy atom. The molecular formula is C22H24F3NO7S. The van der Waals surface area contributed by atoms with E-state index in [1.165, 1.54) is 6.92 Å². The maximum absolute atomic E-state index is 12.9. The van der Waals surface area contributed by atoms with E-state index in [4.69, 9.17) is 9.47 Å². The summed E-state index contributed by atoms with van der Waals surface area (Å²) >= 11 is 0. The summed E-state index contributed by atoms with van der Waals surface area (Å²) in [6.45, 7) is 4.46. The summed E-state index contributed by atoms with van der Waals surface area (Å²) in [5.41, 5.74) is -0.840. The molecule has 12 heteroatoms. The second-order valence-corrected chi connectivity index (χ2v) is 10.1. The Balaban J connectivity index is 1.66. The summed E-state index contributed by atoms with van der Waals surface area (Å²) in [7, 11) is -4.45. The molecular weight excluding hydrogens is 479 g/mol. The average molecular weight is 503 g/mol. The molecule has 1 amide bonds. The number of esters is 2. The van der Waals surface area contributed by atoms with Gasteiger partial charge < -0.3 is 9.47 Å². The number of hydrogen-bond donors (Lipinski definition) is 1. The van der Waals surface area contributed by atoms with Crippen molar-refractivity contribution >= 4 is 27.9 Å². The fourth-order valence-corrected chi connectivity index (χ4v) is 5.60. The number of nitrogens with one attached hydrogen (secondary N) is 1. The van der Waals surface area contributed by atoms with Gasteiger partial charge in [0.1, 0.15) is 13.2 Å². The Kier molecular flexibility index (Phi) is 7.39. The van der Waals surface area contributed by atoms with E-state index in [-0.39, 0.29) is 30.6 Å². The summed E-state index contributed by atoms with van der Waals surface area (Å²) in [6, 6.07) is 2.74. The highest BCUT2D eigenvalue weighted by molar-refractivity contribution is 7.90. The van der Waals surface area contributed by atoms with Gasteiger partial charge in [0, 0.05) is 5.57 Å². The van der Waals surface area contributed by atoms with Gasteiger partial charge in [0.2, 0.25) is 5.91 Å². The topological polar surface area (TPSA) is 116 Å². The zero-order valence-electron chi connectivity index (χ0n) is 18.3. The molecule has 1 N–H and O–H groups in total. The number of carbonyl (C=O) groups is 3. The van der Waals surface area contributed by atoms with Gasteiger partial charge in [-0.3, -0.25) is 9.59 Å². The number of hydrogen-bond acceptors (Lipinski definition) is 7. The van der Waals surface area contributed by atoms with Gasteiger partial charge in [0.25, 0.3) is 10.0 Å². The Hall–Kier alpha value is -2.89. The lowest BCUT2D eigenvalue weighted by atomic mass is 9.79. The third-order valence-corrected chi connectivity index (χ3v) is 7.49. The number of ether oxygens (including phenoxy) is 2. The quantitative estimate of drug-likeness (QED) is 0.330. The van der Waals surface area contributed by atoms with E-state index in [0.717, 1.165) is 12.1 Å². The first-order valence-electron chi connectivity index (χ1n) is 10.5. The lowest BCUT2D eigenvalue weighted by Gasteiger charge is -2.28. The predicted molar refractivity (Wildman–Crippen MR) is 111 cm³/mol. The molecule has 4 atom stereocenters. The van der Waals surface area contributed by atoms with E-state index in [2.05, 4.69) is 6.58 Å². The highest BCUT2D eigenvalue weighted by Gasteiger charge is 2.55. The van der Waals surface area contributed by atoms with Crippen molar-refractivity contribution in [1.29, 1.82) is 0 Å². The normalized spacial score (nSPS) is 23.9. The van der Waals surface area contributed by atoms with E-state index in [9.17, 15) is 36.0 Å². The number of benzene rings is 1. The molecule has 2 aliphatic rings. The Labute approximate surface area is 194 Å². The zero-order valence-corrected chi connectivity index (χ0v) is 19.1. The summed E-state index contributed by atoms with van der Waals surface area (Å²) in [5.74, 6) is -4.41. The molecule has 0 radical (unpaired) electrons. The first-order valence-corrected chi connectivity index (χ1v) is 12.0. The largest absolute Gasteiger partial charge is 0.462 e.